The second-order valence-electron chi connectivity index (χ2n) is 5.30. The van der Waals surface area contributed by atoms with Gasteiger partial charge in [-0.05, 0) is 18.5 Å². The molecule has 0 amide bonds. The molecule has 16 heavy (non-hydrogen) atoms. The first kappa shape index (κ1) is 16.4. The van der Waals surface area contributed by atoms with E-state index >= 15 is 0 Å². The minimum Gasteiger partial charge on any atom is -0.138 e. The van der Waals surface area contributed by atoms with E-state index in [4.69, 9.17) is 0 Å². The van der Waals surface area contributed by atoms with Crippen LogP contribution in [0.3, 0.4) is 0 Å². The van der Waals surface area contributed by atoms with Gasteiger partial charge in [0.1, 0.15) is 0 Å². The summed E-state index contributed by atoms with van der Waals surface area (Å²) in [6.07, 6.45) is 17.2. The van der Waals surface area contributed by atoms with Gasteiger partial charge in [0, 0.05) is 0 Å². The molecule has 2 unspecified atom stereocenters. The standard InChI is InChI=1S/C15H33P/c1-3-4-5-6-7-8-9-10-11-12-15(2)13-14-16/h15H,3-14,16H2,1-2H3. The number of unbranched alkanes of at least 4 members (excludes halogenated alkanes) is 8. The van der Waals surface area contributed by atoms with Crippen LogP contribution in [-0.4, -0.2) is 6.16 Å². The zero-order valence-corrected chi connectivity index (χ0v) is 12.8. The highest BCUT2D eigenvalue weighted by atomic mass is 31.0. The van der Waals surface area contributed by atoms with Gasteiger partial charge in [-0.15, -0.1) is 9.24 Å². The number of rotatable bonds is 12. The summed E-state index contributed by atoms with van der Waals surface area (Å²) in [7, 11) is 2.84. The molecule has 2 atom stereocenters. The van der Waals surface area contributed by atoms with Crippen LogP contribution in [0, 0.1) is 5.92 Å². The van der Waals surface area contributed by atoms with Crippen LogP contribution in [-0.2, 0) is 0 Å². The van der Waals surface area contributed by atoms with Crippen molar-refractivity contribution in [1.82, 2.24) is 0 Å². The van der Waals surface area contributed by atoms with Gasteiger partial charge in [0.15, 0.2) is 0 Å². The Labute approximate surface area is 106 Å². The lowest BCUT2D eigenvalue weighted by molar-refractivity contribution is 0.472. The van der Waals surface area contributed by atoms with Crippen LogP contribution in [0.4, 0.5) is 0 Å². The minimum absolute atomic E-state index is 0.946. The van der Waals surface area contributed by atoms with Gasteiger partial charge in [-0.3, -0.25) is 0 Å². The maximum absolute atomic E-state index is 2.84. The van der Waals surface area contributed by atoms with Gasteiger partial charge in [-0.1, -0.05) is 78.1 Å². The zero-order chi connectivity index (χ0) is 12.1. The summed E-state index contributed by atoms with van der Waals surface area (Å²) in [4.78, 5) is 0. The normalized spacial score (nSPS) is 12.9. The smallest absolute Gasteiger partial charge is 0.0379 e. The lowest BCUT2D eigenvalue weighted by atomic mass is 9.99. The van der Waals surface area contributed by atoms with E-state index in [1.165, 1.54) is 76.8 Å². The molecule has 0 radical (unpaired) electrons. The van der Waals surface area contributed by atoms with Crippen LogP contribution in [0.15, 0.2) is 0 Å². The minimum atomic E-state index is 0.946. The average Bonchev–Trinajstić information content (AvgIpc) is 2.27. The maximum Gasteiger partial charge on any atom is -0.0379 e. The Kier molecular flexibility index (Phi) is 13.9. The Hall–Kier alpha value is 0.430. The Morgan fingerprint density at radius 3 is 1.75 bits per heavy atom. The van der Waals surface area contributed by atoms with Crippen molar-refractivity contribution in [2.75, 3.05) is 6.16 Å². The van der Waals surface area contributed by atoms with Crippen LogP contribution in [0.1, 0.15) is 84.5 Å². The molecule has 0 rings (SSSR count). The predicted molar refractivity (Wildman–Crippen MR) is 80.2 cm³/mol. The molecule has 0 fully saturated rings. The van der Waals surface area contributed by atoms with Crippen molar-refractivity contribution in [3.8, 4) is 0 Å². The van der Waals surface area contributed by atoms with Gasteiger partial charge in [0.25, 0.3) is 0 Å². The van der Waals surface area contributed by atoms with Crippen LogP contribution in [0.5, 0.6) is 0 Å². The first-order valence-electron chi connectivity index (χ1n) is 7.51. The molecule has 0 aromatic rings. The molecule has 1 heteroatoms. The summed E-state index contributed by atoms with van der Waals surface area (Å²) in [5.74, 6) is 0.946. The Morgan fingerprint density at radius 2 is 1.25 bits per heavy atom. The molecule has 0 aliphatic heterocycles. The fraction of sp³-hybridized carbons (Fsp3) is 1.00. The quantitative estimate of drug-likeness (QED) is 0.300. The van der Waals surface area contributed by atoms with Crippen LogP contribution < -0.4 is 0 Å². The number of hydrogen-bond acceptors (Lipinski definition) is 0. The van der Waals surface area contributed by atoms with Gasteiger partial charge < -0.3 is 0 Å². The summed E-state index contributed by atoms with van der Waals surface area (Å²) in [5.41, 5.74) is 0. The third-order valence-electron chi connectivity index (χ3n) is 3.46. The molecular formula is C15H33P. The van der Waals surface area contributed by atoms with Crippen LogP contribution in [0.2, 0.25) is 0 Å². The van der Waals surface area contributed by atoms with E-state index in [1.54, 1.807) is 0 Å². The molecule has 0 aliphatic carbocycles. The highest BCUT2D eigenvalue weighted by molar-refractivity contribution is 7.16. The Bertz CT molecular complexity index is 123. The monoisotopic (exact) mass is 244 g/mol. The fourth-order valence-electron chi connectivity index (χ4n) is 2.23. The lowest BCUT2D eigenvalue weighted by Gasteiger charge is -2.09. The van der Waals surface area contributed by atoms with Gasteiger partial charge in [-0.2, -0.15) is 0 Å². The van der Waals surface area contributed by atoms with Gasteiger partial charge in [0.05, 0.1) is 0 Å². The van der Waals surface area contributed by atoms with Crippen molar-refractivity contribution in [3.05, 3.63) is 0 Å². The predicted octanol–water partition coefficient (Wildman–Crippen LogP) is 5.81. The summed E-state index contributed by atoms with van der Waals surface area (Å²) < 4.78 is 0. The fourth-order valence-corrected chi connectivity index (χ4v) is 2.80. The van der Waals surface area contributed by atoms with Crippen molar-refractivity contribution in [3.63, 3.8) is 0 Å². The topological polar surface area (TPSA) is 0 Å². The SMILES string of the molecule is CCCCCCCCCCCC(C)CCP. The van der Waals surface area contributed by atoms with E-state index < -0.39 is 0 Å². The summed E-state index contributed by atoms with van der Waals surface area (Å²) in [6, 6.07) is 0. The third kappa shape index (κ3) is 12.5. The lowest BCUT2D eigenvalue weighted by Crippen LogP contribution is -1.95. The average molecular weight is 244 g/mol. The van der Waals surface area contributed by atoms with E-state index in [1.807, 2.05) is 0 Å². The molecular weight excluding hydrogens is 211 g/mol. The summed E-state index contributed by atoms with van der Waals surface area (Å²) in [5, 5.41) is 0. The molecule has 0 aromatic heterocycles. The van der Waals surface area contributed by atoms with E-state index in [0.29, 0.717) is 0 Å². The van der Waals surface area contributed by atoms with Gasteiger partial charge in [-0.25, -0.2) is 0 Å². The maximum atomic E-state index is 2.84. The molecule has 0 heterocycles. The van der Waals surface area contributed by atoms with Crippen LogP contribution >= 0.6 is 9.24 Å². The molecule has 0 spiro atoms. The van der Waals surface area contributed by atoms with Crippen molar-refractivity contribution in [1.29, 1.82) is 0 Å². The first-order chi connectivity index (χ1) is 7.81. The largest absolute Gasteiger partial charge is 0.138 e. The molecule has 0 N–H and O–H groups in total. The van der Waals surface area contributed by atoms with E-state index in [9.17, 15) is 0 Å². The van der Waals surface area contributed by atoms with Crippen molar-refractivity contribution < 1.29 is 0 Å². The highest BCUT2D eigenvalue weighted by Crippen LogP contribution is 2.16. The van der Waals surface area contributed by atoms with E-state index in [0.717, 1.165) is 5.92 Å². The Morgan fingerprint density at radius 1 is 0.750 bits per heavy atom. The summed E-state index contributed by atoms with van der Waals surface area (Å²) >= 11 is 0. The zero-order valence-electron chi connectivity index (χ0n) is 11.6. The second-order valence-corrected chi connectivity index (χ2v) is 5.88. The molecule has 98 valence electrons. The number of hydrogen-bond donors (Lipinski definition) is 0. The summed E-state index contributed by atoms with van der Waals surface area (Å²) in [6.45, 7) is 4.69. The van der Waals surface area contributed by atoms with Crippen molar-refractivity contribution in [2.24, 2.45) is 5.92 Å². The molecule has 0 saturated carbocycles. The third-order valence-corrected chi connectivity index (χ3v) is 3.79. The second kappa shape index (κ2) is 13.5. The van der Waals surface area contributed by atoms with E-state index in [2.05, 4.69) is 23.1 Å². The molecule has 0 bridgehead atoms. The first-order valence-corrected chi connectivity index (χ1v) is 8.33. The van der Waals surface area contributed by atoms with Crippen molar-refractivity contribution in [2.45, 2.75) is 84.5 Å². The molecule has 0 aromatic carbocycles. The molecule has 0 saturated heterocycles. The molecule has 0 nitrogen and oxygen atoms in total. The van der Waals surface area contributed by atoms with Crippen LogP contribution in [0.25, 0.3) is 0 Å². The Balaban J connectivity index is 2.98. The molecule has 0 aliphatic rings. The van der Waals surface area contributed by atoms with Gasteiger partial charge >= 0.3 is 0 Å². The van der Waals surface area contributed by atoms with E-state index in [-0.39, 0.29) is 0 Å². The van der Waals surface area contributed by atoms with Crippen molar-refractivity contribution >= 4 is 9.24 Å². The highest BCUT2D eigenvalue weighted by Gasteiger charge is 1.99. The van der Waals surface area contributed by atoms with Gasteiger partial charge in [0.2, 0.25) is 0 Å².